The standard InChI is InChI=1S/C28H25Cl2FN8O2/c1-17-10-18(29)12-22(11-17)36-27(40)23-5-4-19(13-24(23)30)35-21-3-2-20(32-14-21)15-34-38-28-33-16-25(31)26(37-28)39-6-8-41-9-7-39/h2-5,10-16,35H,6-9H2,1H3,(H,36,40)(H,33,37,38)/b34-15+. The molecule has 2 aromatic carbocycles. The third-order valence-electron chi connectivity index (χ3n) is 5.99. The number of aryl methyl sites for hydroxylation is 1. The molecular weight excluding hydrogens is 570 g/mol. The van der Waals surface area contributed by atoms with Crippen LogP contribution in [0.5, 0.6) is 0 Å². The van der Waals surface area contributed by atoms with Gasteiger partial charge in [-0.2, -0.15) is 10.1 Å². The highest BCUT2D eigenvalue weighted by atomic mass is 35.5. The first kappa shape index (κ1) is 28.2. The normalized spacial score (nSPS) is 13.3. The molecule has 0 saturated carbocycles. The Labute approximate surface area is 245 Å². The molecular formula is C28H25Cl2FN8O2. The molecule has 0 aliphatic carbocycles. The maximum Gasteiger partial charge on any atom is 0.257 e. The highest BCUT2D eigenvalue weighted by Crippen LogP contribution is 2.26. The molecule has 13 heteroatoms. The fraction of sp³-hybridized carbons (Fsp3) is 0.179. The maximum absolute atomic E-state index is 14.2. The van der Waals surface area contributed by atoms with E-state index in [1.54, 1.807) is 47.5 Å². The van der Waals surface area contributed by atoms with E-state index in [0.29, 0.717) is 59.6 Å². The number of aromatic nitrogens is 3. The molecule has 0 spiro atoms. The predicted molar refractivity (Wildman–Crippen MR) is 159 cm³/mol. The molecule has 4 aromatic rings. The number of benzene rings is 2. The Hall–Kier alpha value is -4.32. The predicted octanol–water partition coefficient (Wildman–Crippen LogP) is 5.90. The van der Waals surface area contributed by atoms with Crippen LogP contribution in [0.15, 0.2) is 66.0 Å². The number of pyridine rings is 1. The van der Waals surface area contributed by atoms with Crippen molar-refractivity contribution in [1.82, 2.24) is 15.0 Å². The van der Waals surface area contributed by atoms with Gasteiger partial charge in [0.25, 0.3) is 5.91 Å². The number of carbonyl (C=O) groups excluding carboxylic acids is 1. The van der Waals surface area contributed by atoms with Crippen molar-refractivity contribution in [2.24, 2.45) is 5.10 Å². The summed E-state index contributed by atoms with van der Waals surface area (Å²) in [4.78, 5) is 27.1. The van der Waals surface area contributed by atoms with Crippen LogP contribution in [0.25, 0.3) is 0 Å². The van der Waals surface area contributed by atoms with Crippen molar-refractivity contribution in [1.29, 1.82) is 0 Å². The molecule has 1 saturated heterocycles. The summed E-state index contributed by atoms with van der Waals surface area (Å²) >= 11 is 12.5. The van der Waals surface area contributed by atoms with E-state index < -0.39 is 5.82 Å². The van der Waals surface area contributed by atoms with Gasteiger partial charge < -0.3 is 20.3 Å². The van der Waals surface area contributed by atoms with Crippen LogP contribution in [0.3, 0.4) is 0 Å². The summed E-state index contributed by atoms with van der Waals surface area (Å²) in [7, 11) is 0. The average Bonchev–Trinajstić information content (AvgIpc) is 2.95. The van der Waals surface area contributed by atoms with Gasteiger partial charge in [-0.1, -0.05) is 23.2 Å². The molecule has 1 fully saturated rings. The Kier molecular flexibility index (Phi) is 8.88. The van der Waals surface area contributed by atoms with E-state index in [1.165, 1.54) is 6.21 Å². The molecule has 0 radical (unpaired) electrons. The van der Waals surface area contributed by atoms with Gasteiger partial charge in [-0.3, -0.25) is 9.78 Å². The number of hydrogen-bond acceptors (Lipinski definition) is 9. The van der Waals surface area contributed by atoms with E-state index in [0.717, 1.165) is 11.8 Å². The lowest BCUT2D eigenvalue weighted by atomic mass is 10.1. The van der Waals surface area contributed by atoms with Crippen molar-refractivity contribution < 1.29 is 13.9 Å². The molecule has 10 nitrogen and oxygen atoms in total. The summed E-state index contributed by atoms with van der Waals surface area (Å²) < 4.78 is 19.5. The molecule has 1 amide bonds. The summed E-state index contributed by atoms with van der Waals surface area (Å²) in [6.07, 6.45) is 4.23. The second-order valence-electron chi connectivity index (χ2n) is 9.10. The lowest BCUT2D eigenvalue weighted by molar-refractivity contribution is 0.102. The topological polar surface area (TPSA) is 117 Å². The Morgan fingerprint density at radius 3 is 2.56 bits per heavy atom. The van der Waals surface area contributed by atoms with E-state index in [9.17, 15) is 9.18 Å². The molecule has 41 heavy (non-hydrogen) atoms. The first-order valence-corrected chi connectivity index (χ1v) is 13.3. The maximum atomic E-state index is 14.2. The lowest BCUT2D eigenvalue weighted by Crippen LogP contribution is -2.37. The number of halogens is 3. The van der Waals surface area contributed by atoms with Gasteiger partial charge in [0.1, 0.15) is 0 Å². The van der Waals surface area contributed by atoms with Gasteiger partial charge in [0.15, 0.2) is 11.6 Å². The molecule has 210 valence electrons. The van der Waals surface area contributed by atoms with Crippen LogP contribution in [-0.2, 0) is 4.74 Å². The lowest BCUT2D eigenvalue weighted by Gasteiger charge is -2.27. The molecule has 5 rings (SSSR count). The summed E-state index contributed by atoms with van der Waals surface area (Å²) in [5, 5.41) is 10.9. The van der Waals surface area contributed by atoms with E-state index in [2.05, 4.69) is 36.1 Å². The molecule has 0 unspecified atom stereocenters. The third-order valence-corrected chi connectivity index (χ3v) is 6.52. The Morgan fingerprint density at radius 2 is 1.83 bits per heavy atom. The zero-order valence-electron chi connectivity index (χ0n) is 21.9. The highest BCUT2D eigenvalue weighted by molar-refractivity contribution is 6.35. The van der Waals surface area contributed by atoms with Gasteiger partial charge >= 0.3 is 0 Å². The average molecular weight is 595 g/mol. The van der Waals surface area contributed by atoms with E-state index in [-0.39, 0.29) is 22.7 Å². The second kappa shape index (κ2) is 12.9. The fourth-order valence-corrected chi connectivity index (χ4v) is 4.63. The first-order valence-electron chi connectivity index (χ1n) is 12.6. The Bertz CT molecular complexity index is 1560. The minimum absolute atomic E-state index is 0.166. The quantitative estimate of drug-likeness (QED) is 0.170. The number of hydrogen-bond donors (Lipinski definition) is 3. The monoisotopic (exact) mass is 594 g/mol. The zero-order valence-corrected chi connectivity index (χ0v) is 23.4. The van der Waals surface area contributed by atoms with Crippen LogP contribution in [0.4, 0.5) is 33.2 Å². The Balaban J connectivity index is 1.17. The smallest absolute Gasteiger partial charge is 0.257 e. The van der Waals surface area contributed by atoms with Crippen LogP contribution in [-0.4, -0.2) is 53.4 Å². The number of nitrogens with zero attached hydrogens (tertiary/aromatic N) is 5. The zero-order chi connectivity index (χ0) is 28.8. The first-order chi connectivity index (χ1) is 19.8. The molecule has 3 heterocycles. The van der Waals surface area contributed by atoms with Gasteiger partial charge in [0, 0.05) is 29.5 Å². The minimum Gasteiger partial charge on any atom is -0.378 e. The van der Waals surface area contributed by atoms with Crippen LogP contribution in [0.1, 0.15) is 21.6 Å². The summed E-state index contributed by atoms with van der Waals surface area (Å²) in [6.45, 7) is 4.03. The van der Waals surface area contributed by atoms with Crippen LogP contribution in [0.2, 0.25) is 10.0 Å². The van der Waals surface area contributed by atoms with Crippen LogP contribution >= 0.6 is 23.2 Å². The number of rotatable bonds is 8. The molecule has 3 N–H and O–H groups in total. The van der Waals surface area contributed by atoms with Crippen molar-refractivity contribution in [2.45, 2.75) is 6.92 Å². The van der Waals surface area contributed by atoms with Crippen molar-refractivity contribution >= 4 is 64.2 Å². The largest absolute Gasteiger partial charge is 0.378 e. The van der Waals surface area contributed by atoms with Crippen LogP contribution in [0, 0.1) is 12.7 Å². The molecule has 2 aromatic heterocycles. The van der Waals surface area contributed by atoms with Gasteiger partial charge in [0.05, 0.1) is 53.8 Å². The van der Waals surface area contributed by atoms with Crippen molar-refractivity contribution in [3.8, 4) is 0 Å². The minimum atomic E-state index is -0.502. The highest BCUT2D eigenvalue weighted by Gasteiger charge is 2.18. The van der Waals surface area contributed by atoms with Gasteiger partial charge in [0.2, 0.25) is 5.95 Å². The summed E-state index contributed by atoms with van der Waals surface area (Å²) in [6, 6.07) is 13.9. The molecule has 1 aliphatic rings. The summed E-state index contributed by atoms with van der Waals surface area (Å²) in [5.74, 6) is -0.470. The molecule has 0 atom stereocenters. The second-order valence-corrected chi connectivity index (χ2v) is 9.94. The number of carbonyl (C=O) groups is 1. The van der Waals surface area contributed by atoms with Gasteiger partial charge in [-0.15, -0.1) is 0 Å². The summed E-state index contributed by atoms with van der Waals surface area (Å²) in [5.41, 5.74) is 6.51. The van der Waals surface area contributed by atoms with E-state index in [1.807, 2.05) is 19.1 Å². The molecule has 1 aliphatic heterocycles. The SMILES string of the molecule is Cc1cc(Cl)cc(NC(=O)c2ccc(Nc3ccc(/C=N/Nc4ncc(F)c(N5CCOCC5)n4)nc3)cc2Cl)c1. The third kappa shape index (κ3) is 7.46. The molecule has 0 bridgehead atoms. The van der Waals surface area contributed by atoms with Crippen LogP contribution < -0.4 is 21.0 Å². The van der Waals surface area contributed by atoms with E-state index >= 15 is 0 Å². The Morgan fingerprint density at radius 1 is 1.02 bits per heavy atom. The number of anilines is 5. The van der Waals surface area contributed by atoms with E-state index in [4.69, 9.17) is 27.9 Å². The van der Waals surface area contributed by atoms with Crippen molar-refractivity contribution in [3.05, 3.63) is 93.6 Å². The van der Waals surface area contributed by atoms with Gasteiger partial charge in [-0.05, 0) is 61.0 Å². The number of amides is 1. The number of ether oxygens (including phenoxy) is 1. The van der Waals surface area contributed by atoms with Crippen molar-refractivity contribution in [3.63, 3.8) is 0 Å². The van der Waals surface area contributed by atoms with Crippen molar-refractivity contribution in [2.75, 3.05) is 47.3 Å². The number of morpholine rings is 1. The number of nitrogens with one attached hydrogen (secondary N) is 3. The number of hydrazone groups is 1. The fourth-order valence-electron chi connectivity index (χ4n) is 4.07. The van der Waals surface area contributed by atoms with Gasteiger partial charge in [-0.25, -0.2) is 14.8 Å².